The van der Waals surface area contributed by atoms with Gasteiger partial charge >= 0.3 is 0 Å². The van der Waals surface area contributed by atoms with E-state index in [1.807, 2.05) is 6.08 Å². The molecule has 0 aliphatic heterocycles. The molecule has 0 saturated heterocycles. The van der Waals surface area contributed by atoms with Crippen molar-refractivity contribution in [2.75, 3.05) is 0 Å². The van der Waals surface area contributed by atoms with Crippen molar-refractivity contribution >= 4 is 10.9 Å². The summed E-state index contributed by atoms with van der Waals surface area (Å²) in [6, 6.07) is 11.4. The van der Waals surface area contributed by atoms with E-state index in [1.54, 1.807) is 0 Å². The molecule has 0 atom stereocenters. The number of aryl methyl sites for hydroxylation is 1. The molecule has 0 spiro atoms. The molecule has 1 N–H and O–H groups in total. The fourth-order valence-electron chi connectivity index (χ4n) is 2.21. The number of benzene rings is 1. The van der Waals surface area contributed by atoms with Gasteiger partial charge < -0.3 is 9.88 Å². The maximum atomic E-state index is 3.82. The van der Waals surface area contributed by atoms with Gasteiger partial charge in [-0.15, -0.1) is 6.58 Å². The molecular formula is C16H22N2. The highest BCUT2D eigenvalue weighted by atomic mass is 15.0. The Morgan fingerprint density at radius 3 is 2.83 bits per heavy atom. The monoisotopic (exact) mass is 242 g/mol. The number of para-hydroxylation sites is 1. The highest BCUT2D eigenvalue weighted by Crippen LogP contribution is 2.20. The third-order valence-corrected chi connectivity index (χ3v) is 3.14. The van der Waals surface area contributed by atoms with E-state index >= 15 is 0 Å². The fourth-order valence-corrected chi connectivity index (χ4v) is 2.21. The molecule has 0 aliphatic rings. The topological polar surface area (TPSA) is 17.0 Å². The minimum Gasteiger partial charge on any atom is -0.343 e. The van der Waals surface area contributed by atoms with Crippen LogP contribution in [0.2, 0.25) is 0 Å². The second kappa shape index (κ2) is 5.87. The zero-order valence-corrected chi connectivity index (χ0v) is 11.3. The van der Waals surface area contributed by atoms with Crippen LogP contribution in [0.15, 0.2) is 43.0 Å². The number of aromatic nitrogens is 1. The van der Waals surface area contributed by atoms with Gasteiger partial charge in [0, 0.05) is 30.3 Å². The van der Waals surface area contributed by atoms with E-state index in [9.17, 15) is 0 Å². The second-order valence-corrected chi connectivity index (χ2v) is 4.96. The Morgan fingerprint density at radius 2 is 2.11 bits per heavy atom. The van der Waals surface area contributed by atoms with Crippen molar-refractivity contribution < 1.29 is 0 Å². The van der Waals surface area contributed by atoms with Crippen LogP contribution < -0.4 is 5.32 Å². The van der Waals surface area contributed by atoms with Crippen LogP contribution >= 0.6 is 0 Å². The molecule has 0 fully saturated rings. The molecule has 0 unspecified atom stereocenters. The summed E-state index contributed by atoms with van der Waals surface area (Å²) in [6.07, 6.45) is 2.99. The lowest BCUT2D eigenvalue weighted by Crippen LogP contribution is -2.23. The predicted octanol–water partition coefficient (Wildman–Crippen LogP) is 3.72. The Kier molecular flexibility index (Phi) is 4.21. The molecule has 0 aliphatic carbocycles. The number of fused-ring (bicyclic) bond motifs is 1. The molecule has 0 radical (unpaired) electrons. The van der Waals surface area contributed by atoms with Crippen molar-refractivity contribution in [3.63, 3.8) is 0 Å². The highest BCUT2D eigenvalue weighted by Gasteiger charge is 2.07. The van der Waals surface area contributed by atoms with E-state index in [2.05, 4.69) is 60.6 Å². The quantitative estimate of drug-likeness (QED) is 0.764. The number of nitrogens with one attached hydrogen (secondary N) is 1. The van der Waals surface area contributed by atoms with Gasteiger partial charge in [0.2, 0.25) is 0 Å². The Balaban J connectivity index is 2.33. The van der Waals surface area contributed by atoms with Crippen LogP contribution in [0, 0.1) is 0 Å². The summed E-state index contributed by atoms with van der Waals surface area (Å²) in [5, 5.41) is 4.81. The Bertz CT molecular complexity index is 523. The van der Waals surface area contributed by atoms with E-state index in [0.717, 1.165) is 19.5 Å². The van der Waals surface area contributed by atoms with Gasteiger partial charge in [-0.1, -0.05) is 38.1 Å². The largest absolute Gasteiger partial charge is 0.343 e. The summed E-state index contributed by atoms with van der Waals surface area (Å²) in [4.78, 5) is 0. The second-order valence-electron chi connectivity index (χ2n) is 4.96. The van der Waals surface area contributed by atoms with E-state index < -0.39 is 0 Å². The molecular weight excluding hydrogens is 220 g/mol. The average molecular weight is 242 g/mol. The maximum absolute atomic E-state index is 3.82. The summed E-state index contributed by atoms with van der Waals surface area (Å²) in [5.74, 6) is 0. The van der Waals surface area contributed by atoms with Crippen molar-refractivity contribution in [3.05, 3.63) is 48.7 Å². The lowest BCUT2D eigenvalue weighted by molar-refractivity contribution is 0.560. The number of hydrogen-bond donors (Lipinski definition) is 1. The molecule has 18 heavy (non-hydrogen) atoms. The fraction of sp³-hybridized carbons (Fsp3) is 0.375. The van der Waals surface area contributed by atoms with Crippen molar-refractivity contribution in [2.45, 2.75) is 39.4 Å². The van der Waals surface area contributed by atoms with Gasteiger partial charge in [0.1, 0.15) is 0 Å². The van der Waals surface area contributed by atoms with Gasteiger partial charge in [0.25, 0.3) is 0 Å². The summed E-state index contributed by atoms with van der Waals surface area (Å²) in [6.45, 7) is 10.1. The standard InChI is InChI=1S/C16H22N2/c1-4-5-10-18-15(12-17-13(2)3)11-14-8-6-7-9-16(14)18/h4,6-9,11,13,17H,1,5,10,12H2,2-3H3. The van der Waals surface area contributed by atoms with Crippen molar-refractivity contribution in [2.24, 2.45) is 0 Å². The molecule has 0 bridgehead atoms. The van der Waals surface area contributed by atoms with Gasteiger partial charge in [0.05, 0.1) is 0 Å². The first kappa shape index (κ1) is 12.9. The normalized spacial score (nSPS) is 11.3. The van der Waals surface area contributed by atoms with Crippen LogP contribution in [0.1, 0.15) is 26.0 Å². The van der Waals surface area contributed by atoms with Gasteiger partial charge in [-0.25, -0.2) is 0 Å². The molecule has 2 aromatic rings. The SMILES string of the molecule is C=CCCn1c(CNC(C)C)cc2ccccc21. The van der Waals surface area contributed by atoms with Gasteiger partial charge in [-0.05, 0) is 23.9 Å². The first-order valence-corrected chi connectivity index (χ1v) is 6.64. The van der Waals surface area contributed by atoms with E-state index in [0.29, 0.717) is 6.04 Å². The number of hydrogen-bond acceptors (Lipinski definition) is 1. The zero-order chi connectivity index (χ0) is 13.0. The molecule has 96 valence electrons. The lowest BCUT2D eigenvalue weighted by atomic mass is 10.2. The molecule has 2 heteroatoms. The third-order valence-electron chi connectivity index (χ3n) is 3.14. The molecule has 1 heterocycles. The third kappa shape index (κ3) is 2.82. The summed E-state index contributed by atoms with van der Waals surface area (Å²) >= 11 is 0. The Labute approximate surface area is 109 Å². The number of allylic oxidation sites excluding steroid dienone is 1. The first-order valence-electron chi connectivity index (χ1n) is 6.64. The van der Waals surface area contributed by atoms with E-state index in [4.69, 9.17) is 0 Å². The van der Waals surface area contributed by atoms with Gasteiger partial charge in [-0.2, -0.15) is 0 Å². The van der Waals surface area contributed by atoms with Crippen LogP contribution in [-0.4, -0.2) is 10.6 Å². The minimum absolute atomic E-state index is 0.510. The summed E-state index contributed by atoms with van der Waals surface area (Å²) < 4.78 is 2.40. The number of rotatable bonds is 6. The lowest BCUT2D eigenvalue weighted by Gasteiger charge is -2.12. The van der Waals surface area contributed by atoms with Crippen LogP contribution in [0.25, 0.3) is 10.9 Å². The van der Waals surface area contributed by atoms with Crippen LogP contribution in [0.3, 0.4) is 0 Å². The van der Waals surface area contributed by atoms with E-state index in [-0.39, 0.29) is 0 Å². The van der Waals surface area contributed by atoms with Gasteiger partial charge in [-0.3, -0.25) is 0 Å². The molecule has 1 aromatic carbocycles. The minimum atomic E-state index is 0.510. The highest BCUT2D eigenvalue weighted by molar-refractivity contribution is 5.81. The molecule has 0 amide bonds. The number of nitrogens with zero attached hydrogens (tertiary/aromatic N) is 1. The molecule has 2 rings (SSSR count). The molecule has 2 nitrogen and oxygen atoms in total. The average Bonchev–Trinajstić information content (AvgIpc) is 2.71. The molecule has 0 saturated carbocycles. The smallest absolute Gasteiger partial charge is 0.0483 e. The van der Waals surface area contributed by atoms with Crippen molar-refractivity contribution in [1.29, 1.82) is 0 Å². The maximum Gasteiger partial charge on any atom is 0.0483 e. The predicted molar refractivity (Wildman–Crippen MR) is 78.7 cm³/mol. The first-order chi connectivity index (χ1) is 8.72. The van der Waals surface area contributed by atoms with E-state index in [1.165, 1.54) is 16.6 Å². The van der Waals surface area contributed by atoms with Crippen LogP contribution in [-0.2, 0) is 13.1 Å². The van der Waals surface area contributed by atoms with Crippen LogP contribution in [0.4, 0.5) is 0 Å². The van der Waals surface area contributed by atoms with Crippen molar-refractivity contribution in [1.82, 2.24) is 9.88 Å². The molecule has 1 aromatic heterocycles. The Hall–Kier alpha value is -1.54. The zero-order valence-electron chi connectivity index (χ0n) is 11.3. The van der Waals surface area contributed by atoms with Crippen LogP contribution in [0.5, 0.6) is 0 Å². The van der Waals surface area contributed by atoms with Gasteiger partial charge in [0.15, 0.2) is 0 Å². The summed E-state index contributed by atoms with van der Waals surface area (Å²) in [7, 11) is 0. The van der Waals surface area contributed by atoms with Crippen molar-refractivity contribution in [3.8, 4) is 0 Å². The summed E-state index contributed by atoms with van der Waals surface area (Å²) in [5.41, 5.74) is 2.67. The Morgan fingerprint density at radius 1 is 1.33 bits per heavy atom.